The highest BCUT2D eigenvalue weighted by atomic mass is 16.1. The molecule has 1 unspecified atom stereocenters. The van der Waals surface area contributed by atoms with E-state index in [0.29, 0.717) is 19.0 Å². The summed E-state index contributed by atoms with van der Waals surface area (Å²) in [6, 6.07) is 8.46. The Morgan fingerprint density at radius 1 is 1.47 bits per heavy atom. The van der Waals surface area contributed by atoms with Gasteiger partial charge in [0.15, 0.2) is 0 Å². The number of carbonyl (C=O) groups excluding carboxylic acids is 1. The van der Waals surface area contributed by atoms with Gasteiger partial charge in [-0.2, -0.15) is 0 Å². The minimum absolute atomic E-state index is 0.129. The zero-order valence-electron chi connectivity index (χ0n) is 11.8. The Bertz CT molecular complexity index is 433. The van der Waals surface area contributed by atoms with Crippen molar-refractivity contribution in [2.24, 2.45) is 0 Å². The number of amides is 1. The topological polar surface area (TPSA) is 44.4 Å². The lowest BCUT2D eigenvalue weighted by Crippen LogP contribution is -2.50. The van der Waals surface area contributed by atoms with Gasteiger partial charge in [-0.25, -0.2) is 0 Å². The van der Waals surface area contributed by atoms with Gasteiger partial charge in [0.05, 0.1) is 0 Å². The van der Waals surface area contributed by atoms with E-state index >= 15 is 0 Å². The number of nitrogens with zero attached hydrogens (tertiary/aromatic N) is 1. The predicted molar refractivity (Wildman–Crippen MR) is 76.9 cm³/mol. The molecule has 1 amide bonds. The molecule has 1 saturated heterocycles. The summed E-state index contributed by atoms with van der Waals surface area (Å²) < 4.78 is 0. The van der Waals surface area contributed by atoms with Crippen molar-refractivity contribution >= 4 is 5.91 Å². The lowest BCUT2D eigenvalue weighted by molar-refractivity contribution is -0.122. The first kappa shape index (κ1) is 14.0. The fraction of sp³-hybridized carbons (Fsp3) is 0.533. The van der Waals surface area contributed by atoms with E-state index in [1.165, 1.54) is 11.1 Å². The number of nitrogens with one attached hydrogen (secondary N) is 2. The number of hydrogen-bond acceptors (Lipinski definition) is 3. The van der Waals surface area contributed by atoms with E-state index in [-0.39, 0.29) is 5.91 Å². The first-order chi connectivity index (χ1) is 9.16. The number of rotatable bonds is 4. The zero-order valence-corrected chi connectivity index (χ0v) is 11.8. The minimum atomic E-state index is 0.129. The molecule has 1 aromatic carbocycles. The van der Waals surface area contributed by atoms with Crippen LogP contribution in [0, 0.1) is 6.92 Å². The van der Waals surface area contributed by atoms with Gasteiger partial charge in [-0.05, 0) is 25.1 Å². The van der Waals surface area contributed by atoms with Crippen molar-refractivity contribution < 1.29 is 4.79 Å². The van der Waals surface area contributed by atoms with Gasteiger partial charge < -0.3 is 15.5 Å². The number of piperazine rings is 1. The third-order valence-corrected chi connectivity index (χ3v) is 3.80. The van der Waals surface area contributed by atoms with Crippen LogP contribution >= 0.6 is 0 Å². The van der Waals surface area contributed by atoms with Crippen molar-refractivity contribution in [1.29, 1.82) is 0 Å². The molecule has 1 aliphatic heterocycles. The average molecular weight is 261 g/mol. The molecule has 1 fully saturated rings. The SMILES string of the molecule is Cc1ccccc1CNC(=O)CC1CNCCN1C. The molecule has 0 radical (unpaired) electrons. The van der Waals surface area contributed by atoms with Gasteiger partial charge in [-0.3, -0.25) is 4.79 Å². The molecule has 0 spiro atoms. The number of likely N-dealkylation sites (N-methyl/N-ethyl adjacent to an activating group) is 1. The smallest absolute Gasteiger partial charge is 0.221 e. The fourth-order valence-corrected chi connectivity index (χ4v) is 2.38. The summed E-state index contributed by atoms with van der Waals surface area (Å²) in [5.41, 5.74) is 2.41. The molecule has 1 atom stereocenters. The highest BCUT2D eigenvalue weighted by molar-refractivity contribution is 5.76. The van der Waals surface area contributed by atoms with Gasteiger partial charge in [0.1, 0.15) is 0 Å². The van der Waals surface area contributed by atoms with Crippen molar-refractivity contribution in [1.82, 2.24) is 15.5 Å². The van der Waals surface area contributed by atoms with Crippen LogP contribution in [-0.4, -0.2) is 43.5 Å². The zero-order chi connectivity index (χ0) is 13.7. The Kier molecular flexibility index (Phi) is 4.93. The van der Waals surface area contributed by atoms with Gasteiger partial charge in [-0.15, -0.1) is 0 Å². The second-order valence-electron chi connectivity index (χ2n) is 5.25. The van der Waals surface area contributed by atoms with Crippen LogP contribution in [0.25, 0.3) is 0 Å². The molecule has 0 aromatic heterocycles. The summed E-state index contributed by atoms with van der Waals surface area (Å²) >= 11 is 0. The monoisotopic (exact) mass is 261 g/mol. The van der Waals surface area contributed by atoms with Crippen LogP contribution in [0.3, 0.4) is 0 Å². The van der Waals surface area contributed by atoms with E-state index < -0.39 is 0 Å². The standard InChI is InChI=1S/C15H23N3O/c1-12-5-3-4-6-13(12)10-17-15(19)9-14-11-16-7-8-18(14)2/h3-6,14,16H,7-11H2,1-2H3,(H,17,19). The molecule has 4 nitrogen and oxygen atoms in total. The van der Waals surface area contributed by atoms with Gasteiger partial charge in [0.2, 0.25) is 5.91 Å². The Morgan fingerprint density at radius 3 is 3.00 bits per heavy atom. The summed E-state index contributed by atoms with van der Waals surface area (Å²) in [4.78, 5) is 14.2. The molecule has 19 heavy (non-hydrogen) atoms. The molecular weight excluding hydrogens is 238 g/mol. The molecule has 0 bridgehead atoms. The molecule has 104 valence electrons. The number of aryl methyl sites for hydroxylation is 1. The minimum Gasteiger partial charge on any atom is -0.352 e. The lowest BCUT2D eigenvalue weighted by atomic mass is 10.1. The van der Waals surface area contributed by atoms with Crippen LogP contribution in [0.1, 0.15) is 17.5 Å². The van der Waals surface area contributed by atoms with Gasteiger partial charge in [0, 0.05) is 38.6 Å². The summed E-state index contributed by atoms with van der Waals surface area (Å²) in [5, 5.41) is 6.35. The molecule has 1 aromatic rings. The Morgan fingerprint density at radius 2 is 2.26 bits per heavy atom. The third-order valence-electron chi connectivity index (χ3n) is 3.80. The second kappa shape index (κ2) is 6.68. The summed E-state index contributed by atoms with van der Waals surface area (Å²) in [7, 11) is 2.08. The van der Waals surface area contributed by atoms with Crippen LogP contribution in [0.15, 0.2) is 24.3 Å². The first-order valence-corrected chi connectivity index (χ1v) is 6.89. The maximum absolute atomic E-state index is 12.0. The van der Waals surface area contributed by atoms with Crippen molar-refractivity contribution in [2.75, 3.05) is 26.7 Å². The molecule has 2 N–H and O–H groups in total. The van der Waals surface area contributed by atoms with E-state index in [2.05, 4.69) is 41.6 Å². The van der Waals surface area contributed by atoms with Crippen LogP contribution in [-0.2, 0) is 11.3 Å². The van der Waals surface area contributed by atoms with Gasteiger partial charge in [-0.1, -0.05) is 24.3 Å². The molecule has 0 aliphatic carbocycles. The van der Waals surface area contributed by atoms with Gasteiger partial charge >= 0.3 is 0 Å². The Labute approximate surface area is 115 Å². The summed E-state index contributed by atoms with van der Waals surface area (Å²) in [5.74, 6) is 0.129. The summed E-state index contributed by atoms with van der Waals surface area (Å²) in [6.45, 7) is 5.61. The maximum Gasteiger partial charge on any atom is 0.221 e. The van der Waals surface area contributed by atoms with Crippen LogP contribution in [0.4, 0.5) is 0 Å². The molecule has 1 heterocycles. The third kappa shape index (κ3) is 4.04. The first-order valence-electron chi connectivity index (χ1n) is 6.89. The van der Waals surface area contributed by atoms with E-state index in [1.807, 2.05) is 12.1 Å². The molecule has 0 saturated carbocycles. The van der Waals surface area contributed by atoms with Gasteiger partial charge in [0.25, 0.3) is 0 Å². The molecule has 4 heteroatoms. The van der Waals surface area contributed by atoms with Crippen molar-refractivity contribution in [3.63, 3.8) is 0 Å². The number of hydrogen-bond donors (Lipinski definition) is 2. The van der Waals surface area contributed by atoms with E-state index in [9.17, 15) is 4.79 Å². The summed E-state index contributed by atoms with van der Waals surface area (Å²) in [6.07, 6.45) is 0.565. The second-order valence-corrected chi connectivity index (χ2v) is 5.25. The van der Waals surface area contributed by atoms with Crippen molar-refractivity contribution in [3.05, 3.63) is 35.4 Å². The quantitative estimate of drug-likeness (QED) is 0.846. The molecule has 1 aliphatic rings. The van der Waals surface area contributed by atoms with Crippen molar-refractivity contribution in [3.8, 4) is 0 Å². The van der Waals surface area contributed by atoms with E-state index in [4.69, 9.17) is 0 Å². The van der Waals surface area contributed by atoms with E-state index in [1.54, 1.807) is 0 Å². The lowest BCUT2D eigenvalue weighted by Gasteiger charge is -2.32. The number of carbonyl (C=O) groups is 1. The molecular formula is C15H23N3O. The fourth-order valence-electron chi connectivity index (χ4n) is 2.38. The van der Waals surface area contributed by atoms with Crippen LogP contribution in [0.5, 0.6) is 0 Å². The normalized spacial score (nSPS) is 20.2. The van der Waals surface area contributed by atoms with Crippen LogP contribution in [0.2, 0.25) is 0 Å². The number of benzene rings is 1. The Balaban J connectivity index is 1.80. The van der Waals surface area contributed by atoms with Crippen molar-refractivity contribution in [2.45, 2.75) is 25.9 Å². The largest absolute Gasteiger partial charge is 0.352 e. The molecule has 2 rings (SSSR count). The van der Waals surface area contributed by atoms with Crippen LogP contribution < -0.4 is 10.6 Å². The Hall–Kier alpha value is -1.39. The predicted octanol–water partition coefficient (Wildman–Crippen LogP) is 0.905. The highest BCUT2D eigenvalue weighted by Crippen LogP contribution is 2.07. The van der Waals surface area contributed by atoms with E-state index in [0.717, 1.165) is 19.6 Å². The highest BCUT2D eigenvalue weighted by Gasteiger charge is 2.21. The average Bonchev–Trinajstić information content (AvgIpc) is 2.40. The maximum atomic E-state index is 12.0.